The molecule has 1 fully saturated rings. The summed E-state index contributed by atoms with van der Waals surface area (Å²) in [6, 6.07) is 0. The van der Waals surface area contributed by atoms with Crippen LogP contribution >= 0.6 is 0 Å². The molecule has 0 spiro atoms. The number of hydrogen-bond acceptors (Lipinski definition) is 5. The minimum Gasteiger partial charge on any atom is -0.377 e. The first-order chi connectivity index (χ1) is 7.50. The number of hydrogen-bond donors (Lipinski definition) is 0. The zero-order chi connectivity index (χ0) is 10.6. The molecule has 0 radical (unpaired) electrons. The molecule has 6 heteroatoms. The van der Waals surface area contributed by atoms with Crippen molar-refractivity contribution in [2.45, 2.75) is 0 Å². The van der Waals surface area contributed by atoms with Gasteiger partial charge in [0.05, 0.1) is 66.1 Å². The fourth-order valence-electron chi connectivity index (χ4n) is 1.10. The van der Waals surface area contributed by atoms with E-state index in [1.807, 2.05) is 0 Å². The van der Waals surface area contributed by atoms with Crippen LogP contribution in [0.2, 0.25) is 0 Å². The average molecular weight is 259 g/mol. The first-order valence-corrected chi connectivity index (χ1v) is 5.39. The van der Waals surface area contributed by atoms with E-state index in [1.165, 1.54) is 0 Å². The van der Waals surface area contributed by atoms with Crippen LogP contribution in [0.1, 0.15) is 0 Å². The maximum atomic E-state index is 5.28. The van der Waals surface area contributed by atoms with Gasteiger partial charge in [0.15, 0.2) is 0 Å². The Kier molecular flexibility index (Phi) is 15.8. The molecule has 0 amide bonds. The van der Waals surface area contributed by atoms with Crippen molar-refractivity contribution in [2.75, 3.05) is 66.1 Å². The van der Waals surface area contributed by atoms with Gasteiger partial charge in [0, 0.05) is 0 Å². The van der Waals surface area contributed by atoms with Gasteiger partial charge in [-0.05, 0) is 0 Å². The van der Waals surface area contributed by atoms with E-state index in [0.29, 0.717) is 66.1 Å². The molecule has 0 aliphatic carbocycles. The smallest absolute Gasteiger partial charge is 0.377 e. The minimum atomic E-state index is 0. The molecule has 90 valence electrons. The molecule has 1 rings (SSSR count). The van der Waals surface area contributed by atoms with E-state index in [4.69, 9.17) is 23.7 Å². The molecule has 1 heterocycles. The summed E-state index contributed by atoms with van der Waals surface area (Å²) in [5, 5.41) is 0. The van der Waals surface area contributed by atoms with Crippen LogP contribution in [-0.2, 0) is 23.7 Å². The third-order valence-corrected chi connectivity index (χ3v) is 1.86. The Morgan fingerprint density at radius 3 is 0.562 bits per heavy atom. The van der Waals surface area contributed by atoms with Crippen LogP contribution in [0.4, 0.5) is 0 Å². The predicted molar refractivity (Wildman–Crippen MR) is 54.1 cm³/mol. The third kappa shape index (κ3) is 11.9. The van der Waals surface area contributed by atoms with E-state index < -0.39 is 0 Å². The monoisotopic (exact) mass is 259 g/mol. The molecular weight excluding hydrogens is 239 g/mol. The molecule has 0 unspecified atom stereocenters. The zero-order valence-corrected chi connectivity index (χ0v) is 13.2. The van der Waals surface area contributed by atoms with Crippen molar-refractivity contribution in [1.82, 2.24) is 0 Å². The third-order valence-electron chi connectivity index (χ3n) is 1.86. The first-order valence-electron chi connectivity index (χ1n) is 5.39. The SMILES string of the molecule is C1COCCOCCOCCOCCO1.[K+]. The standard InChI is InChI=1S/C10H20O5.K/c1-2-12-5-6-14-9-10-15-8-7-13-4-3-11-1;/h1-10H2;/q;+1. The summed E-state index contributed by atoms with van der Waals surface area (Å²) in [6.45, 7) is 6.11. The van der Waals surface area contributed by atoms with Crippen molar-refractivity contribution in [3.63, 3.8) is 0 Å². The Bertz CT molecular complexity index is 77.8. The normalized spacial score (nSPS) is 22.5. The summed E-state index contributed by atoms with van der Waals surface area (Å²) in [5.74, 6) is 0. The molecule has 0 aromatic heterocycles. The Morgan fingerprint density at radius 1 is 0.312 bits per heavy atom. The quantitative estimate of drug-likeness (QED) is 0.436. The van der Waals surface area contributed by atoms with Gasteiger partial charge in [-0.25, -0.2) is 0 Å². The maximum Gasteiger partial charge on any atom is 1.00 e. The molecular formula is C10H20KO5+. The summed E-state index contributed by atoms with van der Waals surface area (Å²) in [4.78, 5) is 0. The molecule has 1 aliphatic rings. The number of rotatable bonds is 0. The molecule has 0 bridgehead atoms. The second-order valence-corrected chi connectivity index (χ2v) is 3.06. The Morgan fingerprint density at radius 2 is 0.438 bits per heavy atom. The van der Waals surface area contributed by atoms with Crippen molar-refractivity contribution in [1.29, 1.82) is 0 Å². The van der Waals surface area contributed by atoms with Crippen LogP contribution < -0.4 is 51.4 Å². The summed E-state index contributed by atoms with van der Waals surface area (Å²) in [7, 11) is 0. The average Bonchev–Trinajstić information content (AvgIpc) is 2.27. The molecule has 5 nitrogen and oxygen atoms in total. The summed E-state index contributed by atoms with van der Waals surface area (Å²) < 4.78 is 26.4. The van der Waals surface area contributed by atoms with Gasteiger partial charge in [-0.2, -0.15) is 0 Å². The van der Waals surface area contributed by atoms with Gasteiger partial charge in [-0.15, -0.1) is 0 Å². The van der Waals surface area contributed by atoms with Crippen LogP contribution in [0.15, 0.2) is 0 Å². The van der Waals surface area contributed by atoms with Crippen LogP contribution in [-0.4, -0.2) is 66.1 Å². The van der Waals surface area contributed by atoms with E-state index in [0.717, 1.165) is 0 Å². The maximum absolute atomic E-state index is 5.28. The van der Waals surface area contributed by atoms with Crippen molar-refractivity contribution in [2.24, 2.45) is 0 Å². The van der Waals surface area contributed by atoms with E-state index in [1.54, 1.807) is 0 Å². The fraction of sp³-hybridized carbons (Fsp3) is 1.00. The Balaban J connectivity index is 0.00000225. The second kappa shape index (κ2) is 14.5. The van der Waals surface area contributed by atoms with Crippen molar-refractivity contribution >= 4 is 0 Å². The summed E-state index contributed by atoms with van der Waals surface area (Å²) in [5.41, 5.74) is 0. The largest absolute Gasteiger partial charge is 1.00 e. The molecule has 0 N–H and O–H groups in total. The first kappa shape index (κ1) is 17.4. The minimum absolute atomic E-state index is 0. The van der Waals surface area contributed by atoms with Crippen molar-refractivity contribution in [3.8, 4) is 0 Å². The topological polar surface area (TPSA) is 46.2 Å². The second-order valence-electron chi connectivity index (χ2n) is 3.06. The summed E-state index contributed by atoms with van der Waals surface area (Å²) in [6.07, 6.45) is 0. The van der Waals surface area contributed by atoms with Gasteiger partial charge < -0.3 is 23.7 Å². The molecule has 0 aromatic carbocycles. The van der Waals surface area contributed by atoms with Crippen LogP contribution in [0, 0.1) is 0 Å². The fourth-order valence-corrected chi connectivity index (χ4v) is 1.10. The van der Waals surface area contributed by atoms with E-state index in [9.17, 15) is 0 Å². The van der Waals surface area contributed by atoms with Crippen LogP contribution in [0.5, 0.6) is 0 Å². The summed E-state index contributed by atoms with van der Waals surface area (Å²) >= 11 is 0. The Labute approximate surface area is 140 Å². The molecule has 0 atom stereocenters. The number of ether oxygens (including phenoxy) is 5. The molecule has 0 aromatic rings. The predicted octanol–water partition coefficient (Wildman–Crippen LogP) is -2.91. The van der Waals surface area contributed by atoms with Gasteiger partial charge in [0.1, 0.15) is 0 Å². The van der Waals surface area contributed by atoms with Crippen LogP contribution in [0.3, 0.4) is 0 Å². The van der Waals surface area contributed by atoms with Gasteiger partial charge >= 0.3 is 51.4 Å². The Hall–Kier alpha value is 1.44. The molecule has 1 aliphatic heterocycles. The molecule has 0 saturated carbocycles. The molecule has 16 heavy (non-hydrogen) atoms. The van der Waals surface area contributed by atoms with E-state index in [2.05, 4.69) is 0 Å². The van der Waals surface area contributed by atoms with Gasteiger partial charge in [-0.3, -0.25) is 0 Å². The van der Waals surface area contributed by atoms with E-state index >= 15 is 0 Å². The van der Waals surface area contributed by atoms with Crippen molar-refractivity contribution < 1.29 is 75.1 Å². The van der Waals surface area contributed by atoms with Crippen molar-refractivity contribution in [3.05, 3.63) is 0 Å². The van der Waals surface area contributed by atoms with Gasteiger partial charge in [0.2, 0.25) is 0 Å². The molecule has 1 saturated heterocycles. The van der Waals surface area contributed by atoms with Crippen LogP contribution in [0.25, 0.3) is 0 Å². The van der Waals surface area contributed by atoms with Gasteiger partial charge in [0.25, 0.3) is 0 Å². The van der Waals surface area contributed by atoms with E-state index in [-0.39, 0.29) is 51.4 Å². The zero-order valence-electron chi connectivity index (χ0n) is 10.1. The van der Waals surface area contributed by atoms with Gasteiger partial charge in [-0.1, -0.05) is 0 Å².